The van der Waals surface area contributed by atoms with Gasteiger partial charge in [0.1, 0.15) is 5.82 Å². The first-order chi connectivity index (χ1) is 8.09. The number of pyridine rings is 1. The van der Waals surface area contributed by atoms with Crippen molar-refractivity contribution >= 4 is 0 Å². The molecule has 0 saturated heterocycles. The number of aromatic nitrogens is 1. The molecule has 1 aromatic heterocycles. The van der Waals surface area contributed by atoms with Crippen molar-refractivity contribution in [3.63, 3.8) is 0 Å². The lowest BCUT2D eigenvalue weighted by Crippen LogP contribution is -2.13. The van der Waals surface area contributed by atoms with E-state index >= 15 is 0 Å². The molecule has 0 amide bonds. The van der Waals surface area contributed by atoms with Gasteiger partial charge in [-0.1, -0.05) is 12.1 Å². The Balaban J connectivity index is 2.40. The first kappa shape index (κ1) is 11.7. The Morgan fingerprint density at radius 3 is 2.59 bits per heavy atom. The lowest BCUT2D eigenvalue weighted by molar-refractivity contribution is 0.617. The van der Waals surface area contributed by atoms with Crippen LogP contribution in [-0.2, 0) is 0 Å². The van der Waals surface area contributed by atoms with Gasteiger partial charge in [-0.15, -0.1) is 0 Å². The molecule has 1 unspecified atom stereocenters. The van der Waals surface area contributed by atoms with E-state index in [9.17, 15) is 4.39 Å². The van der Waals surface area contributed by atoms with E-state index in [2.05, 4.69) is 4.98 Å². The molecular formula is C14H15FN2. The van der Waals surface area contributed by atoms with E-state index in [0.29, 0.717) is 5.56 Å². The molecule has 1 aromatic carbocycles. The van der Waals surface area contributed by atoms with Gasteiger partial charge in [0.25, 0.3) is 0 Å². The number of halogens is 1. The predicted octanol–water partition coefficient (Wildman–Crippen LogP) is 2.89. The molecule has 2 nitrogen and oxygen atoms in total. The molecule has 1 heterocycles. The monoisotopic (exact) mass is 230 g/mol. The molecule has 0 aliphatic heterocycles. The first-order valence-corrected chi connectivity index (χ1v) is 5.51. The van der Waals surface area contributed by atoms with Gasteiger partial charge in [-0.05, 0) is 48.2 Å². The highest BCUT2D eigenvalue weighted by atomic mass is 19.1. The number of nitrogens with two attached hydrogens (primary N) is 1. The van der Waals surface area contributed by atoms with Gasteiger partial charge < -0.3 is 5.73 Å². The summed E-state index contributed by atoms with van der Waals surface area (Å²) in [7, 11) is 0. The Morgan fingerprint density at radius 1 is 1.18 bits per heavy atom. The van der Waals surface area contributed by atoms with Gasteiger partial charge in [0.05, 0.1) is 6.04 Å². The molecule has 88 valence electrons. The molecule has 2 aromatic rings. The smallest absolute Gasteiger partial charge is 0.126 e. The molecule has 0 aliphatic rings. The number of hydrogen-bond donors (Lipinski definition) is 1. The Labute approximate surface area is 100 Å². The van der Waals surface area contributed by atoms with Crippen LogP contribution < -0.4 is 5.73 Å². The Morgan fingerprint density at radius 2 is 1.94 bits per heavy atom. The van der Waals surface area contributed by atoms with Gasteiger partial charge in [-0.3, -0.25) is 4.98 Å². The second-order valence-corrected chi connectivity index (χ2v) is 4.22. The maximum absolute atomic E-state index is 13.2. The summed E-state index contributed by atoms with van der Waals surface area (Å²) in [5.41, 5.74) is 9.78. The molecule has 0 saturated carbocycles. The third-order valence-electron chi connectivity index (χ3n) is 2.94. The van der Waals surface area contributed by atoms with Gasteiger partial charge >= 0.3 is 0 Å². The van der Waals surface area contributed by atoms with E-state index in [1.54, 1.807) is 31.5 Å². The lowest BCUT2D eigenvalue weighted by Gasteiger charge is -2.15. The molecule has 1 atom stereocenters. The molecule has 0 fully saturated rings. The molecule has 3 heteroatoms. The predicted molar refractivity (Wildman–Crippen MR) is 66.1 cm³/mol. The minimum Gasteiger partial charge on any atom is -0.320 e. The van der Waals surface area contributed by atoms with Crippen LogP contribution in [0.15, 0.2) is 36.7 Å². The maximum atomic E-state index is 13.2. The van der Waals surface area contributed by atoms with Gasteiger partial charge in [0.2, 0.25) is 0 Å². The molecule has 2 N–H and O–H groups in total. The summed E-state index contributed by atoms with van der Waals surface area (Å²) >= 11 is 0. The van der Waals surface area contributed by atoms with Crippen molar-refractivity contribution in [2.45, 2.75) is 19.9 Å². The van der Waals surface area contributed by atoms with Crippen molar-refractivity contribution in [3.8, 4) is 0 Å². The second kappa shape index (κ2) is 4.63. The van der Waals surface area contributed by atoms with Crippen molar-refractivity contribution in [1.29, 1.82) is 0 Å². The van der Waals surface area contributed by atoms with E-state index in [1.165, 1.54) is 6.07 Å². The number of benzene rings is 1. The van der Waals surface area contributed by atoms with E-state index in [-0.39, 0.29) is 11.9 Å². The van der Waals surface area contributed by atoms with Crippen molar-refractivity contribution in [3.05, 3.63) is 64.7 Å². The normalized spacial score (nSPS) is 12.5. The fourth-order valence-corrected chi connectivity index (χ4v) is 1.87. The Bertz CT molecular complexity index is 537. The van der Waals surface area contributed by atoms with Crippen LogP contribution in [0.5, 0.6) is 0 Å². The number of hydrogen-bond acceptors (Lipinski definition) is 2. The fourth-order valence-electron chi connectivity index (χ4n) is 1.87. The highest BCUT2D eigenvalue weighted by molar-refractivity contribution is 5.36. The minimum atomic E-state index is -0.239. The number of nitrogens with zero attached hydrogens (tertiary/aromatic N) is 1. The minimum absolute atomic E-state index is 0.201. The topological polar surface area (TPSA) is 38.9 Å². The van der Waals surface area contributed by atoms with Crippen LogP contribution in [0, 0.1) is 19.7 Å². The van der Waals surface area contributed by atoms with Gasteiger partial charge in [0.15, 0.2) is 0 Å². The summed E-state index contributed by atoms with van der Waals surface area (Å²) in [6.45, 7) is 3.71. The molecule has 2 rings (SSSR count). The Kier molecular flexibility index (Phi) is 3.20. The SMILES string of the molecule is Cc1cc(C(N)c2ccncc2C)ccc1F. The highest BCUT2D eigenvalue weighted by Gasteiger charge is 2.12. The van der Waals surface area contributed by atoms with Crippen LogP contribution in [0.2, 0.25) is 0 Å². The van der Waals surface area contributed by atoms with Crippen LogP contribution in [0.25, 0.3) is 0 Å². The van der Waals surface area contributed by atoms with Crippen LogP contribution >= 0.6 is 0 Å². The third-order valence-corrected chi connectivity index (χ3v) is 2.94. The van der Waals surface area contributed by atoms with Crippen LogP contribution in [-0.4, -0.2) is 4.98 Å². The van der Waals surface area contributed by atoms with E-state index in [0.717, 1.165) is 16.7 Å². The second-order valence-electron chi connectivity index (χ2n) is 4.22. The average molecular weight is 230 g/mol. The summed E-state index contributed by atoms with van der Waals surface area (Å²) in [4.78, 5) is 4.04. The number of aryl methyl sites for hydroxylation is 2. The molecule has 0 radical (unpaired) electrons. The zero-order valence-corrected chi connectivity index (χ0v) is 9.94. The largest absolute Gasteiger partial charge is 0.320 e. The molecule has 0 aliphatic carbocycles. The summed E-state index contributed by atoms with van der Waals surface area (Å²) in [5, 5.41) is 0. The molecular weight excluding hydrogens is 215 g/mol. The average Bonchev–Trinajstić information content (AvgIpc) is 2.32. The van der Waals surface area contributed by atoms with E-state index in [1.807, 2.05) is 13.0 Å². The molecule has 0 spiro atoms. The van der Waals surface area contributed by atoms with E-state index in [4.69, 9.17) is 5.73 Å². The van der Waals surface area contributed by atoms with Crippen molar-refractivity contribution < 1.29 is 4.39 Å². The van der Waals surface area contributed by atoms with Gasteiger partial charge in [-0.2, -0.15) is 0 Å². The van der Waals surface area contributed by atoms with Crippen LogP contribution in [0.4, 0.5) is 4.39 Å². The van der Waals surface area contributed by atoms with Crippen molar-refractivity contribution in [1.82, 2.24) is 4.98 Å². The van der Waals surface area contributed by atoms with Crippen LogP contribution in [0.3, 0.4) is 0 Å². The molecule has 17 heavy (non-hydrogen) atoms. The Hall–Kier alpha value is -1.74. The standard InChI is InChI=1S/C14H15FN2/c1-9-7-11(3-4-13(9)15)14(16)12-5-6-17-8-10(12)2/h3-8,14H,16H2,1-2H3. The highest BCUT2D eigenvalue weighted by Crippen LogP contribution is 2.23. The van der Waals surface area contributed by atoms with Gasteiger partial charge in [0, 0.05) is 12.4 Å². The van der Waals surface area contributed by atoms with Crippen molar-refractivity contribution in [2.24, 2.45) is 5.73 Å². The van der Waals surface area contributed by atoms with E-state index < -0.39 is 0 Å². The zero-order valence-electron chi connectivity index (χ0n) is 9.94. The fraction of sp³-hybridized carbons (Fsp3) is 0.214. The summed E-state index contributed by atoms with van der Waals surface area (Å²) in [6.07, 6.45) is 3.50. The summed E-state index contributed by atoms with van der Waals surface area (Å²) < 4.78 is 13.2. The quantitative estimate of drug-likeness (QED) is 0.861. The maximum Gasteiger partial charge on any atom is 0.126 e. The summed E-state index contributed by atoms with van der Waals surface area (Å²) in [5.74, 6) is -0.201. The lowest BCUT2D eigenvalue weighted by atomic mass is 9.96. The third kappa shape index (κ3) is 2.34. The zero-order chi connectivity index (χ0) is 12.4. The number of rotatable bonds is 2. The van der Waals surface area contributed by atoms with Crippen LogP contribution in [0.1, 0.15) is 28.3 Å². The molecule has 0 bridgehead atoms. The van der Waals surface area contributed by atoms with Crippen molar-refractivity contribution in [2.75, 3.05) is 0 Å². The van der Waals surface area contributed by atoms with Gasteiger partial charge in [-0.25, -0.2) is 4.39 Å². The first-order valence-electron chi connectivity index (χ1n) is 5.51. The summed E-state index contributed by atoms with van der Waals surface area (Å²) in [6, 6.07) is 6.64.